The molecule has 2 heteroatoms. The molecule has 0 aliphatic carbocycles. The van der Waals surface area contributed by atoms with Crippen LogP contribution in [0, 0.1) is 5.92 Å². The summed E-state index contributed by atoms with van der Waals surface area (Å²) in [4.78, 5) is 1.03. The third-order valence-electron chi connectivity index (χ3n) is 1.81. The molecule has 0 radical (unpaired) electrons. The van der Waals surface area contributed by atoms with Crippen molar-refractivity contribution in [1.82, 2.24) is 0 Å². The molecule has 0 saturated heterocycles. The molecule has 0 spiro atoms. The number of rotatable bonds is 3. The monoisotopic (exact) mass is 248 g/mol. The van der Waals surface area contributed by atoms with Crippen molar-refractivity contribution in [2.45, 2.75) is 34.1 Å². The second kappa shape index (κ2) is 5.87. The minimum atomic E-state index is 0.621. The second-order valence-electron chi connectivity index (χ2n) is 3.16. The Morgan fingerprint density at radius 3 is 2.25 bits per heavy atom. The highest BCUT2D eigenvalue weighted by Crippen LogP contribution is 2.22. The molecule has 0 aromatic carbocycles. The van der Waals surface area contributed by atoms with E-state index in [0.29, 0.717) is 5.92 Å². The van der Waals surface area contributed by atoms with E-state index in [1.807, 2.05) is 6.92 Å². The third-order valence-corrected chi connectivity index (χ3v) is 3.18. The maximum atomic E-state index is 4.26. The van der Waals surface area contributed by atoms with Gasteiger partial charge in [0, 0.05) is 4.48 Å². The van der Waals surface area contributed by atoms with Gasteiger partial charge in [-0.1, -0.05) is 26.3 Å². The van der Waals surface area contributed by atoms with Crippen LogP contribution in [0.3, 0.4) is 0 Å². The van der Waals surface area contributed by atoms with Crippen molar-refractivity contribution in [1.29, 1.82) is 0 Å². The van der Waals surface area contributed by atoms with Crippen LogP contribution in [-0.2, 0) is 0 Å². The summed E-state index contributed by atoms with van der Waals surface area (Å²) in [6.45, 7) is 8.59. The highest BCUT2D eigenvalue weighted by molar-refractivity contribution is 9.12. The Hall–Kier alpha value is 0.310. The lowest BCUT2D eigenvalue weighted by Crippen LogP contribution is -1.92. The van der Waals surface area contributed by atoms with Crippen molar-refractivity contribution in [3.05, 3.63) is 21.0 Å². The largest absolute Gasteiger partial charge is 0.147 e. The van der Waals surface area contributed by atoms with Crippen LogP contribution in [-0.4, -0.2) is 0 Å². The molecule has 0 rings (SSSR count). The van der Waals surface area contributed by atoms with Crippen molar-refractivity contribution in [3.63, 3.8) is 0 Å². The number of halogens is 1. The van der Waals surface area contributed by atoms with Crippen LogP contribution in [0.5, 0.6) is 0 Å². The summed E-state index contributed by atoms with van der Waals surface area (Å²) in [7, 11) is 0. The fourth-order valence-corrected chi connectivity index (χ4v) is 1.30. The van der Waals surface area contributed by atoms with Crippen molar-refractivity contribution in [3.8, 4) is 0 Å². The summed E-state index contributed by atoms with van der Waals surface area (Å²) in [6.07, 6.45) is 3.28. The lowest BCUT2D eigenvalue weighted by molar-refractivity contribution is 0.732. The molecule has 0 atom stereocenters. The first-order valence-electron chi connectivity index (χ1n) is 4.24. The fraction of sp³-hybridized carbons (Fsp3) is 0.600. The molecule has 0 aromatic heterocycles. The molecule has 0 unspecified atom stereocenters. The Kier molecular flexibility index (Phi) is 6.02. The van der Waals surface area contributed by atoms with E-state index in [2.05, 4.69) is 55.4 Å². The van der Waals surface area contributed by atoms with Crippen molar-refractivity contribution < 1.29 is 0 Å². The average molecular weight is 249 g/mol. The van der Waals surface area contributed by atoms with Crippen LogP contribution < -0.4 is 0 Å². The molecule has 0 amide bonds. The predicted octanol–water partition coefficient (Wildman–Crippen LogP) is 4.54. The van der Waals surface area contributed by atoms with Gasteiger partial charge in [-0.25, -0.2) is 0 Å². The molecule has 0 heterocycles. The number of hydrogen-bond donors (Lipinski definition) is 1. The quantitative estimate of drug-likeness (QED) is 0.551. The highest BCUT2D eigenvalue weighted by Gasteiger charge is 2.01. The molecule has 0 fully saturated rings. The Bertz CT molecular complexity index is 198. The van der Waals surface area contributed by atoms with Gasteiger partial charge in [-0.2, -0.15) is 0 Å². The lowest BCUT2D eigenvalue weighted by Gasteiger charge is -2.08. The summed E-state index contributed by atoms with van der Waals surface area (Å²) in [5, 5.41) is 0. The van der Waals surface area contributed by atoms with E-state index in [0.717, 1.165) is 15.8 Å². The van der Waals surface area contributed by atoms with Crippen molar-refractivity contribution in [2.75, 3.05) is 0 Å². The van der Waals surface area contributed by atoms with Crippen LogP contribution in [0.25, 0.3) is 0 Å². The predicted molar refractivity (Wildman–Crippen MR) is 63.8 cm³/mol. The number of thiol groups is 1. The summed E-state index contributed by atoms with van der Waals surface area (Å²) < 4.78 is 1.09. The van der Waals surface area contributed by atoms with E-state index in [-0.39, 0.29) is 0 Å². The van der Waals surface area contributed by atoms with Crippen molar-refractivity contribution >= 4 is 28.6 Å². The maximum absolute atomic E-state index is 4.26. The van der Waals surface area contributed by atoms with E-state index in [1.165, 1.54) is 5.57 Å². The first-order valence-corrected chi connectivity index (χ1v) is 5.48. The second-order valence-corrected chi connectivity index (χ2v) is 4.69. The Labute approximate surface area is 89.7 Å². The topological polar surface area (TPSA) is 0 Å². The minimum absolute atomic E-state index is 0.621. The van der Waals surface area contributed by atoms with E-state index in [1.54, 1.807) is 0 Å². The average Bonchev–Trinajstić information content (AvgIpc) is 1.98. The zero-order chi connectivity index (χ0) is 9.72. The molecule has 0 aliphatic rings. The SMILES string of the molecule is CC/C(=C\C(Br)=C(/C)S)C(C)C. The van der Waals surface area contributed by atoms with E-state index in [9.17, 15) is 0 Å². The first-order chi connectivity index (χ1) is 5.49. The van der Waals surface area contributed by atoms with E-state index in [4.69, 9.17) is 0 Å². The summed E-state index contributed by atoms with van der Waals surface area (Å²) in [5.41, 5.74) is 1.45. The van der Waals surface area contributed by atoms with Crippen LogP contribution in [0.15, 0.2) is 21.0 Å². The Morgan fingerprint density at radius 2 is 2.00 bits per heavy atom. The van der Waals surface area contributed by atoms with Crippen LogP contribution in [0.2, 0.25) is 0 Å². The van der Waals surface area contributed by atoms with Gasteiger partial charge in [-0.3, -0.25) is 0 Å². The lowest BCUT2D eigenvalue weighted by atomic mass is 10.0. The van der Waals surface area contributed by atoms with E-state index >= 15 is 0 Å². The van der Waals surface area contributed by atoms with Gasteiger partial charge in [0.05, 0.1) is 0 Å². The van der Waals surface area contributed by atoms with Crippen LogP contribution >= 0.6 is 28.6 Å². The smallest absolute Gasteiger partial charge is 0.0264 e. The Balaban J connectivity index is 4.61. The molecule has 12 heavy (non-hydrogen) atoms. The van der Waals surface area contributed by atoms with Gasteiger partial charge in [0.2, 0.25) is 0 Å². The Morgan fingerprint density at radius 1 is 1.50 bits per heavy atom. The molecule has 0 nitrogen and oxygen atoms in total. The van der Waals surface area contributed by atoms with Gasteiger partial charge in [0.25, 0.3) is 0 Å². The van der Waals surface area contributed by atoms with Gasteiger partial charge in [-0.05, 0) is 46.2 Å². The number of hydrogen-bond acceptors (Lipinski definition) is 1. The summed E-state index contributed by atoms with van der Waals surface area (Å²) in [6, 6.07) is 0. The van der Waals surface area contributed by atoms with Gasteiger partial charge in [0.1, 0.15) is 0 Å². The van der Waals surface area contributed by atoms with Crippen LogP contribution in [0.4, 0.5) is 0 Å². The minimum Gasteiger partial charge on any atom is -0.147 e. The standard InChI is InChI=1S/C10H17BrS/c1-5-9(7(2)3)6-10(11)8(4)12/h6-7,12H,5H2,1-4H3/b9-6+,10-8-. The summed E-state index contributed by atoms with van der Waals surface area (Å²) in [5.74, 6) is 0.621. The molecular weight excluding hydrogens is 232 g/mol. The van der Waals surface area contributed by atoms with Gasteiger partial charge >= 0.3 is 0 Å². The van der Waals surface area contributed by atoms with Gasteiger partial charge in [0.15, 0.2) is 0 Å². The highest BCUT2D eigenvalue weighted by atomic mass is 79.9. The molecule has 0 aromatic rings. The molecule has 0 bridgehead atoms. The zero-order valence-corrected chi connectivity index (χ0v) is 10.7. The van der Waals surface area contributed by atoms with Gasteiger partial charge in [-0.15, -0.1) is 12.6 Å². The van der Waals surface area contributed by atoms with Crippen molar-refractivity contribution in [2.24, 2.45) is 5.92 Å². The fourth-order valence-electron chi connectivity index (χ4n) is 0.944. The molecule has 0 aliphatic heterocycles. The van der Waals surface area contributed by atoms with Crippen LogP contribution in [0.1, 0.15) is 34.1 Å². The maximum Gasteiger partial charge on any atom is 0.0264 e. The molecular formula is C10H17BrS. The normalized spacial score (nSPS) is 15.1. The number of allylic oxidation sites excluding steroid dienone is 4. The third kappa shape index (κ3) is 4.36. The molecule has 0 N–H and O–H groups in total. The first kappa shape index (κ1) is 12.3. The summed E-state index contributed by atoms with van der Waals surface area (Å²) >= 11 is 7.74. The van der Waals surface area contributed by atoms with Gasteiger partial charge < -0.3 is 0 Å². The molecule has 70 valence electrons. The molecule has 0 saturated carbocycles. The van der Waals surface area contributed by atoms with E-state index < -0.39 is 0 Å². The zero-order valence-electron chi connectivity index (χ0n) is 8.19.